The summed E-state index contributed by atoms with van der Waals surface area (Å²) in [5.41, 5.74) is 4.85. The van der Waals surface area contributed by atoms with Crippen LogP contribution in [0.15, 0.2) is 11.8 Å². The predicted octanol–water partition coefficient (Wildman–Crippen LogP) is 1.73. The molecule has 15 heavy (non-hydrogen) atoms. The monoisotopic (exact) mass is 278 g/mol. The van der Waals surface area contributed by atoms with Crippen molar-refractivity contribution >= 4 is 22.0 Å². The molecule has 0 fully saturated rings. The lowest BCUT2D eigenvalue weighted by Crippen LogP contribution is -2.37. The van der Waals surface area contributed by atoms with Gasteiger partial charge in [0.1, 0.15) is 11.4 Å². The van der Waals surface area contributed by atoms with Crippen molar-refractivity contribution in [3.05, 3.63) is 11.8 Å². The first-order valence-corrected chi connectivity index (χ1v) is 5.50. The van der Waals surface area contributed by atoms with Gasteiger partial charge in [-0.1, -0.05) is 15.9 Å². The number of nitrogens with two attached hydrogens (primary N) is 1. The zero-order chi connectivity index (χ0) is 11.6. The lowest BCUT2D eigenvalue weighted by Gasteiger charge is -2.25. The molecular formula is C9H15BrN2O3. The lowest BCUT2D eigenvalue weighted by atomic mass is 10.2. The van der Waals surface area contributed by atoms with Gasteiger partial charge in [0.25, 0.3) is 0 Å². The number of amides is 1. The molecule has 0 unspecified atom stereocenters. The Labute approximate surface area is 97.3 Å². The summed E-state index contributed by atoms with van der Waals surface area (Å²) in [6.07, 6.45) is 1.17. The minimum absolute atomic E-state index is 0.251. The summed E-state index contributed by atoms with van der Waals surface area (Å²) in [4.78, 5) is 16.5. The zero-order valence-electron chi connectivity index (χ0n) is 8.99. The van der Waals surface area contributed by atoms with E-state index in [1.54, 1.807) is 26.8 Å². The molecule has 0 saturated carbocycles. The summed E-state index contributed by atoms with van der Waals surface area (Å²) in [5, 5.41) is 1.10. The molecule has 2 N–H and O–H groups in total. The van der Waals surface area contributed by atoms with E-state index in [-0.39, 0.29) is 11.5 Å². The maximum Gasteiger partial charge on any atom is 0.445 e. The highest BCUT2D eigenvalue weighted by Crippen LogP contribution is 2.24. The molecule has 1 atom stereocenters. The van der Waals surface area contributed by atoms with Crippen molar-refractivity contribution in [1.82, 2.24) is 5.06 Å². The maximum absolute atomic E-state index is 11.6. The molecule has 0 aromatic carbocycles. The number of nitrogens with zero attached hydrogens (tertiary/aromatic N) is 1. The minimum Gasteiger partial charge on any atom is -0.442 e. The van der Waals surface area contributed by atoms with E-state index in [4.69, 9.17) is 15.3 Å². The molecular weight excluding hydrogens is 264 g/mol. The highest BCUT2D eigenvalue weighted by molar-refractivity contribution is 9.09. The summed E-state index contributed by atoms with van der Waals surface area (Å²) in [6, 6.07) is 0. The fourth-order valence-electron chi connectivity index (χ4n) is 0.978. The first kappa shape index (κ1) is 12.3. The fraction of sp³-hybridized carbons (Fsp3) is 0.667. The van der Waals surface area contributed by atoms with Crippen molar-refractivity contribution in [1.29, 1.82) is 0 Å². The van der Waals surface area contributed by atoms with Crippen LogP contribution in [0.2, 0.25) is 0 Å². The molecule has 5 nitrogen and oxygen atoms in total. The quantitative estimate of drug-likeness (QED) is 0.586. The Kier molecular flexibility index (Phi) is 3.62. The SMILES string of the molecule is CC(C)(C)OC(=O)N1OC(CN)=C[C@@H]1Br. The van der Waals surface area contributed by atoms with Crippen LogP contribution in [0.25, 0.3) is 0 Å². The number of alkyl halides is 1. The third kappa shape index (κ3) is 3.39. The van der Waals surface area contributed by atoms with Crippen LogP contribution in [-0.2, 0) is 9.57 Å². The smallest absolute Gasteiger partial charge is 0.442 e. The van der Waals surface area contributed by atoms with E-state index in [0.29, 0.717) is 5.76 Å². The minimum atomic E-state index is -0.543. The molecule has 0 aromatic rings. The van der Waals surface area contributed by atoms with Gasteiger partial charge >= 0.3 is 6.09 Å². The highest BCUT2D eigenvalue weighted by Gasteiger charge is 2.32. The van der Waals surface area contributed by atoms with E-state index in [2.05, 4.69) is 15.9 Å². The second kappa shape index (κ2) is 4.40. The molecule has 1 rings (SSSR count). The standard InChI is InChI=1S/C9H15BrN2O3/c1-9(2,3)14-8(13)12-7(10)4-6(5-11)15-12/h4,7H,5,11H2,1-3H3/t7-/m1/s1. The van der Waals surface area contributed by atoms with Crippen molar-refractivity contribution in [3.63, 3.8) is 0 Å². The van der Waals surface area contributed by atoms with Gasteiger partial charge in [0.05, 0.1) is 6.54 Å². The Balaban J connectivity index is 2.57. The van der Waals surface area contributed by atoms with Crippen LogP contribution in [0.1, 0.15) is 20.8 Å². The van der Waals surface area contributed by atoms with Gasteiger partial charge in [0.2, 0.25) is 0 Å². The van der Waals surface area contributed by atoms with Crippen LogP contribution in [0, 0.1) is 0 Å². The van der Waals surface area contributed by atoms with Crippen LogP contribution in [0.3, 0.4) is 0 Å². The van der Waals surface area contributed by atoms with Crippen LogP contribution < -0.4 is 5.73 Å². The summed E-state index contributed by atoms with van der Waals surface area (Å²) >= 11 is 3.26. The summed E-state index contributed by atoms with van der Waals surface area (Å²) in [7, 11) is 0. The molecule has 0 bridgehead atoms. The molecule has 6 heteroatoms. The van der Waals surface area contributed by atoms with E-state index < -0.39 is 11.7 Å². The largest absolute Gasteiger partial charge is 0.445 e. The maximum atomic E-state index is 11.6. The normalized spacial score (nSPS) is 21.0. The number of carbonyl (C=O) groups excluding carboxylic acids is 1. The Hall–Kier alpha value is -0.750. The van der Waals surface area contributed by atoms with Crippen molar-refractivity contribution in [2.75, 3.05) is 6.54 Å². The first-order valence-electron chi connectivity index (χ1n) is 4.58. The van der Waals surface area contributed by atoms with Crippen LogP contribution in [-0.4, -0.2) is 28.3 Å². The Bertz CT molecular complexity index is 286. The Morgan fingerprint density at radius 1 is 1.73 bits per heavy atom. The van der Waals surface area contributed by atoms with Gasteiger partial charge in [-0.2, -0.15) is 0 Å². The lowest BCUT2D eigenvalue weighted by molar-refractivity contribution is -0.0985. The van der Waals surface area contributed by atoms with Crippen molar-refractivity contribution in [2.45, 2.75) is 31.3 Å². The molecule has 1 heterocycles. The summed E-state index contributed by atoms with van der Waals surface area (Å²) in [5.74, 6) is 0.544. The third-order valence-electron chi connectivity index (χ3n) is 1.54. The summed E-state index contributed by atoms with van der Waals surface area (Å²) < 4.78 is 5.14. The third-order valence-corrected chi connectivity index (χ3v) is 2.17. The number of hydrogen-bond acceptors (Lipinski definition) is 4. The predicted molar refractivity (Wildman–Crippen MR) is 59.0 cm³/mol. The average molecular weight is 279 g/mol. The van der Waals surface area contributed by atoms with Gasteiger partial charge in [-0.3, -0.25) is 0 Å². The van der Waals surface area contributed by atoms with E-state index in [1.807, 2.05) is 0 Å². The average Bonchev–Trinajstić information content (AvgIpc) is 2.43. The van der Waals surface area contributed by atoms with Gasteiger partial charge in [0, 0.05) is 0 Å². The first-order chi connectivity index (χ1) is 6.83. The Morgan fingerprint density at radius 3 is 2.73 bits per heavy atom. The molecule has 0 aromatic heterocycles. The number of ether oxygens (including phenoxy) is 1. The second-order valence-corrected chi connectivity index (χ2v) is 5.05. The van der Waals surface area contributed by atoms with E-state index in [9.17, 15) is 4.79 Å². The number of hydrogen-bond donors (Lipinski definition) is 1. The Morgan fingerprint density at radius 2 is 2.33 bits per heavy atom. The number of halogens is 1. The number of hydroxylamine groups is 2. The van der Waals surface area contributed by atoms with Gasteiger partial charge < -0.3 is 15.3 Å². The van der Waals surface area contributed by atoms with Gasteiger partial charge in [-0.15, -0.1) is 5.06 Å². The van der Waals surface area contributed by atoms with Gasteiger partial charge in [-0.05, 0) is 26.8 Å². The van der Waals surface area contributed by atoms with Crippen molar-refractivity contribution < 1.29 is 14.4 Å². The molecule has 1 aliphatic heterocycles. The molecule has 0 aliphatic carbocycles. The van der Waals surface area contributed by atoms with Crippen LogP contribution >= 0.6 is 15.9 Å². The number of rotatable bonds is 1. The van der Waals surface area contributed by atoms with Crippen LogP contribution in [0.5, 0.6) is 0 Å². The van der Waals surface area contributed by atoms with Gasteiger partial charge in [-0.25, -0.2) is 4.79 Å². The van der Waals surface area contributed by atoms with Gasteiger partial charge in [0.15, 0.2) is 4.95 Å². The van der Waals surface area contributed by atoms with Crippen molar-refractivity contribution in [3.8, 4) is 0 Å². The van der Waals surface area contributed by atoms with Crippen molar-refractivity contribution in [2.24, 2.45) is 5.73 Å². The fourth-order valence-corrected chi connectivity index (χ4v) is 1.52. The molecule has 0 radical (unpaired) electrons. The molecule has 1 amide bonds. The molecule has 0 spiro atoms. The molecule has 86 valence electrons. The highest BCUT2D eigenvalue weighted by atomic mass is 79.9. The molecule has 1 aliphatic rings. The molecule has 0 saturated heterocycles. The van der Waals surface area contributed by atoms with Crippen LogP contribution in [0.4, 0.5) is 4.79 Å². The van der Waals surface area contributed by atoms with E-state index in [0.717, 1.165) is 5.06 Å². The van der Waals surface area contributed by atoms with E-state index >= 15 is 0 Å². The second-order valence-electron chi connectivity index (χ2n) is 4.11. The zero-order valence-corrected chi connectivity index (χ0v) is 10.6. The topological polar surface area (TPSA) is 64.8 Å². The van der Waals surface area contributed by atoms with E-state index in [1.165, 1.54) is 0 Å². The number of carbonyl (C=O) groups is 1. The summed E-state index contributed by atoms with van der Waals surface area (Å²) in [6.45, 7) is 5.63.